The van der Waals surface area contributed by atoms with Crippen LogP contribution in [-0.4, -0.2) is 55.9 Å². The molecule has 0 aliphatic rings. The lowest BCUT2D eigenvalue weighted by Crippen LogP contribution is -2.38. The topological polar surface area (TPSA) is 47.9 Å². The number of guanidine groups is 1. The Hall–Kier alpha value is -2.34. The molecule has 1 amide bonds. The summed E-state index contributed by atoms with van der Waals surface area (Å²) in [7, 11) is 5.59. The minimum atomic E-state index is 0.0270. The van der Waals surface area contributed by atoms with Gasteiger partial charge in [-0.2, -0.15) is 11.3 Å². The molecule has 1 aromatic heterocycles. The van der Waals surface area contributed by atoms with Gasteiger partial charge in [0.25, 0.3) is 5.91 Å². The standard InChI is InChI=1S/C20H28N4OS/c1-5-21-20(24(4)14-17-10-12-26-15-17)22-11-9-16-7-6-8-18(13-16)19(25)23(2)3/h6-8,10,12-13,15H,5,9,11,14H2,1-4H3,(H,21,22). The molecule has 0 saturated carbocycles. The molecule has 0 aliphatic heterocycles. The third kappa shape index (κ3) is 5.88. The van der Waals surface area contributed by atoms with Gasteiger partial charge in [-0.05, 0) is 53.4 Å². The molecular weight excluding hydrogens is 344 g/mol. The van der Waals surface area contributed by atoms with Crippen molar-refractivity contribution < 1.29 is 4.79 Å². The van der Waals surface area contributed by atoms with E-state index in [0.29, 0.717) is 6.54 Å². The molecular formula is C20H28N4OS. The van der Waals surface area contributed by atoms with Gasteiger partial charge in [0.1, 0.15) is 0 Å². The number of thiophene rings is 1. The highest BCUT2D eigenvalue weighted by molar-refractivity contribution is 7.07. The van der Waals surface area contributed by atoms with E-state index in [1.54, 1.807) is 30.3 Å². The molecule has 0 fully saturated rings. The summed E-state index contributed by atoms with van der Waals surface area (Å²) in [5, 5.41) is 7.60. The summed E-state index contributed by atoms with van der Waals surface area (Å²) in [4.78, 5) is 20.6. The molecule has 6 heteroatoms. The molecule has 0 spiro atoms. The van der Waals surface area contributed by atoms with E-state index in [2.05, 4.69) is 41.0 Å². The highest BCUT2D eigenvalue weighted by Gasteiger charge is 2.09. The van der Waals surface area contributed by atoms with Crippen molar-refractivity contribution in [2.45, 2.75) is 19.9 Å². The van der Waals surface area contributed by atoms with Gasteiger partial charge in [0.2, 0.25) is 0 Å². The van der Waals surface area contributed by atoms with E-state index in [1.165, 1.54) is 5.56 Å². The first-order valence-electron chi connectivity index (χ1n) is 8.82. The Bertz CT molecular complexity index is 725. The third-order valence-corrected chi connectivity index (χ3v) is 4.67. The summed E-state index contributed by atoms with van der Waals surface area (Å²) in [6.07, 6.45) is 0.801. The van der Waals surface area contributed by atoms with Gasteiger partial charge in [-0.1, -0.05) is 12.1 Å². The van der Waals surface area contributed by atoms with E-state index in [0.717, 1.165) is 36.6 Å². The SMILES string of the molecule is CCNC(=NCCc1cccc(C(=O)N(C)C)c1)N(C)Cc1ccsc1. The van der Waals surface area contributed by atoms with Gasteiger partial charge < -0.3 is 15.1 Å². The monoisotopic (exact) mass is 372 g/mol. The van der Waals surface area contributed by atoms with E-state index in [9.17, 15) is 4.79 Å². The number of benzene rings is 1. The number of amides is 1. The predicted molar refractivity (Wildman–Crippen MR) is 110 cm³/mol. The first kappa shape index (κ1) is 20.0. The van der Waals surface area contributed by atoms with Crippen LogP contribution in [0.1, 0.15) is 28.4 Å². The van der Waals surface area contributed by atoms with Crippen molar-refractivity contribution in [2.75, 3.05) is 34.2 Å². The molecule has 140 valence electrons. The van der Waals surface area contributed by atoms with Crippen LogP contribution < -0.4 is 5.32 Å². The smallest absolute Gasteiger partial charge is 0.253 e. The maximum absolute atomic E-state index is 12.1. The Morgan fingerprint density at radius 1 is 1.19 bits per heavy atom. The zero-order valence-corrected chi connectivity index (χ0v) is 16.8. The Morgan fingerprint density at radius 2 is 2.00 bits per heavy atom. The van der Waals surface area contributed by atoms with Gasteiger partial charge in [-0.25, -0.2) is 0 Å². The van der Waals surface area contributed by atoms with Crippen LogP contribution in [-0.2, 0) is 13.0 Å². The average molecular weight is 373 g/mol. The lowest BCUT2D eigenvalue weighted by Gasteiger charge is -2.21. The molecule has 0 bridgehead atoms. The van der Waals surface area contributed by atoms with Gasteiger partial charge in [-0.15, -0.1) is 0 Å². The molecule has 2 aromatic rings. The highest BCUT2D eigenvalue weighted by Crippen LogP contribution is 2.10. The number of carbonyl (C=O) groups excluding carboxylic acids is 1. The second kappa shape index (κ2) is 9.97. The quantitative estimate of drug-likeness (QED) is 0.600. The molecule has 0 unspecified atom stereocenters. The van der Waals surface area contributed by atoms with Crippen molar-refractivity contribution in [2.24, 2.45) is 4.99 Å². The summed E-state index contributed by atoms with van der Waals surface area (Å²) in [5.74, 6) is 0.929. The fraction of sp³-hybridized carbons (Fsp3) is 0.400. The van der Waals surface area contributed by atoms with Crippen LogP contribution in [0.5, 0.6) is 0 Å². The first-order valence-corrected chi connectivity index (χ1v) is 9.76. The van der Waals surface area contributed by atoms with Crippen LogP contribution in [0.15, 0.2) is 46.1 Å². The Kier molecular flexibility index (Phi) is 7.66. The van der Waals surface area contributed by atoms with Crippen LogP contribution in [0.3, 0.4) is 0 Å². The summed E-state index contributed by atoms with van der Waals surface area (Å²) >= 11 is 1.71. The average Bonchev–Trinajstić information content (AvgIpc) is 3.13. The Morgan fingerprint density at radius 3 is 2.65 bits per heavy atom. The van der Waals surface area contributed by atoms with Crippen LogP contribution in [0.25, 0.3) is 0 Å². The maximum atomic E-state index is 12.1. The van der Waals surface area contributed by atoms with Crippen molar-refractivity contribution >= 4 is 23.2 Å². The normalized spacial score (nSPS) is 11.3. The molecule has 5 nitrogen and oxygen atoms in total. The van der Waals surface area contributed by atoms with Gasteiger partial charge in [0.05, 0.1) is 0 Å². The van der Waals surface area contributed by atoms with E-state index >= 15 is 0 Å². The second-order valence-electron chi connectivity index (χ2n) is 6.37. The molecule has 26 heavy (non-hydrogen) atoms. The van der Waals surface area contributed by atoms with Crippen molar-refractivity contribution in [3.63, 3.8) is 0 Å². The van der Waals surface area contributed by atoms with Crippen molar-refractivity contribution in [1.82, 2.24) is 15.1 Å². The van der Waals surface area contributed by atoms with Crippen LogP contribution in [0.4, 0.5) is 0 Å². The zero-order chi connectivity index (χ0) is 18.9. The van der Waals surface area contributed by atoms with E-state index < -0.39 is 0 Å². The van der Waals surface area contributed by atoms with Crippen molar-refractivity contribution in [3.8, 4) is 0 Å². The second-order valence-corrected chi connectivity index (χ2v) is 7.15. The lowest BCUT2D eigenvalue weighted by molar-refractivity contribution is 0.0827. The zero-order valence-electron chi connectivity index (χ0n) is 16.0. The summed E-state index contributed by atoms with van der Waals surface area (Å²) in [6.45, 7) is 4.42. The first-order chi connectivity index (χ1) is 12.5. The van der Waals surface area contributed by atoms with E-state index in [4.69, 9.17) is 4.99 Å². The van der Waals surface area contributed by atoms with Gasteiger partial charge in [0, 0.05) is 46.3 Å². The highest BCUT2D eigenvalue weighted by atomic mass is 32.1. The molecule has 0 atom stereocenters. The molecule has 1 aromatic carbocycles. The molecule has 0 saturated heterocycles. The number of aliphatic imine (C=N–C) groups is 1. The molecule has 1 N–H and O–H groups in total. The van der Waals surface area contributed by atoms with Gasteiger partial charge in [0.15, 0.2) is 5.96 Å². The molecule has 0 aliphatic carbocycles. The summed E-state index contributed by atoms with van der Waals surface area (Å²) in [5.41, 5.74) is 3.13. The van der Waals surface area contributed by atoms with E-state index in [1.807, 2.05) is 24.3 Å². The molecule has 0 radical (unpaired) electrons. The fourth-order valence-corrected chi connectivity index (χ4v) is 3.27. The number of carbonyl (C=O) groups is 1. The number of nitrogens with one attached hydrogen (secondary N) is 1. The van der Waals surface area contributed by atoms with Crippen molar-refractivity contribution in [3.05, 3.63) is 57.8 Å². The Balaban J connectivity index is 1.99. The number of hydrogen-bond donors (Lipinski definition) is 1. The maximum Gasteiger partial charge on any atom is 0.253 e. The fourth-order valence-electron chi connectivity index (χ4n) is 2.61. The number of rotatable bonds is 7. The minimum absolute atomic E-state index is 0.0270. The van der Waals surface area contributed by atoms with Gasteiger partial charge >= 0.3 is 0 Å². The van der Waals surface area contributed by atoms with Crippen LogP contribution >= 0.6 is 11.3 Å². The Labute approximate surface area is 160 Å². The van der Waals surface area contributed by atoms with Crippen LogP contribution in [0, 0.1) is 0 Å². The summed E-state index contributed by atoms with van der Waals surface area (Å²) < 4.78 is 0. The third-order valence-electron chi connectivity index (χ3n) is 3.94. The largest absolute Gasteiger partial charge is 0.357 e. The summed E-state index contributed by atoms with van der Waals surface area (Å²) in [6, 6.07) is 9.93. The number of hydrogen-bond acceptors (Lipinski definition) is 3. The van der Waals surface area contributed by atoms with Crippen molar-refractivity contribution in [1.29, 1.82) is 0 Å². The molecule has 2 rings (SSSR count). The number of nitrogens with zero attached hydrogens (tertiary/aromatic N) is 3. The minimum Gasteiger partial charge on any atom is -0.357 e. The molecule has 1 heterocycles. The van der Waals surface area contributed by atoms with Gasteiger partial charge in [-0.3, -0.25) is 9.79 Å². The predicted octanol–water partition coefficient (Wildman–Crippen LogP) is 3.09. The van der Waals surface area contributed by atoms with Crippen LogP contribution in [0.2, 0.25) is 0 Å². The lowest BCUT2D eigenvalue weighted by atomic mass is 10.1. The van der Waals surface area contributed by atoms with E-state index in [-0.39, 0.29) is 5.91 Å².